The molecule has 0 aliphatic rings. The lowest BCUT2D eigenvalue weighted by Crippen LogP contribution is -2.17. The highest BCUT2D eigenvalue weighted by Crippen LogP contribution is 2.29. The molecule has 9 nitrogen and oxygen atoms in total. The Kier molecular flexibility index (Phi) is 5.63. The van der Waals surface area contributed by atoms with E-state index in [1.807, 2.05) is 0 Å². The van der Waals surface area contributed by atoms with Crippen LogP contribution in [0.5, 0.6) is 0 Å². The van der Waals surface area contributed by atoms with Gasteiger partial charge in [-0.2, -0.15) is 5.10 Å². The maximum atomic E-state index is 11.9. The highest BCUT2D eigenvalue weighted by atomic mass is 35.5. The van der Waals surface area contributed by atoms with E-state index >= 15 is 0 Å². The molecule has 0 atom stereocenters. The predicted molar refractivity (Wildman–Crippen MR) is 91.3 cm³/mol. The van der Waals surface area contributed by atoms with Gasteiger partial charge in [-0.25, -0.2) is 5.43 Å². The topological polar surface area (TPSA) is 128 Å². The third-order valence-electron chi connectivity index (χ3n) is 2.97. The van der Waals surface area contributed by atoms with Crippen molar-refractivity contribution in [2.75, 3.05) is 0 Å². The van der Waals surface area contributed by atoms with Gasteiger partial charge in [-0.3, -0.25) is 25.0 Å². The molecule has 2 aromatic carbocycles. The molecule has 2 aromatic rings. The lowest BCUT2D eigenvalue weighted by atomic mass is 10.2. The summed E-state index contributed by atoms with van der Waals surface area (Å²) < 4.78 is 0. The first kappa shape index (κ1) is 18.3. The summed E-state index contributed by atoms with van der Waals surface area (Å²) in [6, 6.07) is 7.20. The number of nitro benzene ring substituents is 2. The van der Waals surface area contributed by atoms with E-state index in [-0.39, 0.29) is 32.5 Å². The van der Waals surface area contributed by atoms with Gasteiger partial charge in [0.1, 0.15) is 5.02 Å². The minimum atomic E-state index is -0.675. The molecule has 1 N–H and O–H groups in total. The van der Waals surface area contributed by atoms with Gasteiger partial charge < -0.3 is 0 Å². The summed E-state index contributed by atoms with van der Waals surface area (Å²) in [5.41, 5.74) is 2.01. The van der Waals surface area contributed by atoms with Crippen molar-refractivity contribution < 1.29 is 14.6 Å². The molecular weight excluding hydrogens is 375 g/mol. The standard InChI is InChI=1S/C14H8Cl2N4O5/c15-11-6-12(16)13(20(24)25)5-9(11)7-17-18-14(21)8-1-3-10(4-2-8)19(22)23/h1-7H,(H,18,21)/b17-7+. The van der Waals surface area contributed by atoms with Crippen LogP contribution in [0.3, 0.4) is 0 Å². The third-order valence-corrected chi connectivity index (χ3v) is 3.60. The van der Waals surface area contributed by atoms with Crippen molar-refractivity contribution in [1.29, 1.82) is 0 Å². The molecule has 25 heavy (non-hydrogen) atoms. The molecule has 0 saturated heterocycles. The van der Waals surface area contributed by atoms with Gasteiger partial charge in [-0.05, 0) is 18.2 Å². The highest BCUT2D eigenvalue weighted by Gasteiger charge is 2.15. The Morgan fingerprint density at radius 2 is 1.68 bits per heavy atom. The number of carbonyl (C=O) groups is 1. The number of benzene rings is 2. The van der Waals surface area contributed by atoms with E-state index in [2.05, 4.69) is 10.5 Å². The maximum Gasteiger partial charge on any atom is 0.288 e. The van der Waals surface area contributed by atoms with Crippen LogP contribution in [0.2, 0.25) is 10.0 Å². The van der Waals surface area contributed by atoms with Gasteiger partial charge in [0.2, 0.25) is 0 Å². The summed E-state index contributed by atoms with van der Waals surface area (Å²) in [5, 5.41) is 25.0. The van der Waals surface area contributed by atoms with Gasteiger partial charge in [-0.1, -0.05) is 23.2 Å². The Balaban J connectivity index is 2.12. The molecule has 0 spiro atoms. The first-order valence-electron chi connectivity index (χ1n) is 6.51. The first-order chi connectivity index (χ1) is 11.8. The van der Waals surface area contributed by atoms with E-state index < -0.39 is 15.8 Å². The molecular formula is C14H8Cl2N4O5. The lowest BCUT2D eigenvalue weighted by Gasteiger charge is -2.02. The number of halogens is 2. The number of hydrogen-bond acceptors (Lipinski definition) is 6. The fourth-order valence-corrected chi connectivity index (χ4v) is 2.25. The fraction of sp³-hybridized carbons (Fsp3) is 0. The summed E-state index contributed by atoms with van der Waals surface area (Å²) in [6.45, 7) is 0. The average Bonchev–Trinajstić information content (AvgIpc) is 2.56. The molecule has 0 aromatic heterocycles. The van der Waals surface area contributed by atoms with Crippen molar-refractivity contribution in [2.24, 2.45) is 5.10 Å². The maximum absolute atomic E-state index is 11.9. The van der Waals surface area contributed by atoms with Crippen molar-refractivity contribution in [3.63, 3.8) is 0 Å². The van der Waals surface area contributed by atoms with Crippen LogP contribution in [0.25, 0.3) is 0 Å². The number of hydrogen-bond donors (Lipinski definition) is 1. The van der Waals surface area contributed by atoms with Gasteiger partial charge in [0.15, 0.2) is 0 Å². The number of non-ortho nitro benzene ring substituents is 1. The van der Waals surface area contributed by atoms with Crippen molar-refractivity contribution in [1.82, 2.24) is 5.43 Å². The van der Waals surface area contributed by atoms with Crippen molar-refractivity contribution in [2.45, 2.75) is 0 Å². The van der Waals surface area contributed by atoms with Crippen molar-refractivity contribution >= 4 is 46.7 Å². The molecule has 0 heterocycles. The molecule has 0 fully saturated rings. The molecule has 0 radical (unpaired) electrons. The number of nitrogens with zero attached hydrogens (tertiary/aromatic N) is 3. The first-order valence-corrected chi connectivity index (χ1v) is 7.26. The summed E-state index contributed by atoms with van der Waals surface area (Å²) in [4.78, 5) is 32.0. The Hall–Kier alpha value is -3.04. The van der Waals surface area contributed by atoms with Crippen LogP contribution in [0.15, 0.2) is 41.5 Å². The van der Waals surface area contributed by atoms with Gasteiger partial charge in [0.25, 0.3) is 17.3 Å². The molecule has 0 aliphatic heterocycles. The van der Waals surface area contributed by atoms with Gasteiger partial charge in [-0.15, -0.1) is 0 Å². The monoisotopic (exact) mass is 382 g/mol. The molecule has 0 bridgehead atoms. The Morgan fingerprint density at radius 1 is 1.04 bits per heavy atom. The van der Waals surface area contributed by atoms with Gasteiger partial charge >= 0.3 is 0 Å². The summed E-state index contributed by atoms with van der Waals surface area (Å²) in [7, 11) is 0. The quantitative estimate of drug-likeness (QED) is 0.480. The molecule has 1 amide bonds. The SMILES string of the molecule is O=C(N/N=C/c1cc([N+](=O)[O-])c(Cl)cc1Cl)c1ccc([N+](=O)[O-])cc1. The van der Waals surface area contributed by atoms with Crippen LogP contribution >= 0.6 is 23.2 Å². The van der Waals surface area contributed by atoms with Crippen LogP contribution in [0.1, 0.15) is 15.9 Å². The van der Waals surface area contributed by atoms with E-state index in [0.717, 1.165) is 12.3 Å². The minimum Gasteiger partial charge on any atom is -0.267 e. The zero-order chi connectivity index (χ0) is 18.6. The van der Waals surface area contributed by atoms with E-state index in [1.165, 1.54) is 30.3 Å². The second-order valence-corrected chi connectivity index (χ2v) is 5.40. The van der Waals surface area contributed by atoms with Crippen molar-refractivity contribution in [3.05, 3.63) is 77.8 Å². The highest BCUT2D eigenvalue weighted by molar-refractivity contribution is 6.37. The normalized spacial score (nSPS) is 10.6. The van der Waals surface area contributed by atoms with E-state index in [9.17, 15) is 25.0 Å². The second kappa shape index (κ2) is 7.69. The molecule has 11 heteroatoms. The summed E-state index contributed by atoms with van der Waals surface area (Å²) in [6.07, 6.45) is 1.12. The van der Waals surface area contributed by atoms with Gasteiger partial charge in [0.05, 0.1) is 21.1 Å². The Bertz CT molecular complexity index is 884. The number of rotatable bonds is 5. The summed E-state index contributed by atoms with van der Waals surface area (Å²) >= 11 is 11.6. The number of hydrazone groups is 1. The average molecular weight is 383 g/mol. The zero-order valence-electron chi connectivity index (χ0n) is 12.2. The molecule has 0 saturated carbocycles. The minimum absolute atomic E-state index is 0.115. The Morgan fingerprint density at radius 3 is 2.24 bits per heavy atom. The second-order valence-electron chi connectivity index (χ2n) is 4.59. The number of amides is 1. The van der Waals surface area contributed by atoms with E-state index in [0.29, 0.717) is 0 Å². The molecule has 2 rings (SSSR count). The number of nitrogens with one attached hydrogen (secondary N) is 1. The summed E-state index contributed by atoms with van der Waals surface area (Å²) in [5.74, 6) is -0.620. The van der Waals surface area contributed by atoms with Crippen LogP contribution in [0, 0.1) is 20.2 Å². The van der Waals surface area contributed by atoms with Gasteiger partial charge in [0, 0.05) is 29.3 Å². The lowest BCUT2D eigenvalue weighted by molar-refractivity contribution is -0.385. The van der Waals surface area contributed by atoms with Crippen LogP contribution in [-0.4, -0.2) is 22.0 Å². The van der Waals surface area contributed by atoms with Crippen LogP contribution in [-0.2, 0) is 0 Å². The molecule has 128 valence electrons. The zero-order valence-corrected chi connectivity index (χ0v) is 13.7. The Labute approximate surface area is 150 Å². The van der Waals surface area contributed by atoms with E-state index in [4.69, 9.17) is 23.2 Å². The van der Waals surface area contributed by atoms with Crippen LogP contribution < -0.4 is 5.43 Å². The largest absolute Gasteiger partial charge is 0.288 e. The molecule has 0 unspecified atom stereocenters. The van der Waals surface area contributed by atoms with E-state index in [1.54, 1.807) is 0 Å². The third kappa shape index (κ3) is 4.49. The smallest absolute Gasteiger partial charge is 0.267 e. The van der Waals surface area contributed by atoms with Crippen LogP contribution in [0.4, 0.5) is 11.4 Å². The molecule has 0 aliphatic carbocycles. The number of carbonyl (C=O) groups excluding carboxylic acids is 1. The number of nitro groups is 2. The predicted octanol–water partition coefficient (Wildman–Crippen LogP) is 3.57. The van der Waals surface area contributed by atoms with Crippen molar-refractivity contribution in [3.8, 4) is 0 Å². The fourth-order valence-electron chi connectivity index (χ4n) is 1.75.